The molecule has 2 aromatic carbocycles. The van der Waals surface area contributed by atoms with Crippen molar-refractivity contribution in [3.8, 4) is 0 Å². The van der Waals surface area contributed by atoms with Crippen molar-refractivity contribution in [1.82, 2.24) is 16.0 Å². The van der Waals surface area contributed by atoms with Gasteiger partial charge in [-0.1, -0.05) is 24.3 Å². The molecule has 0 atom stereocenters. The van der Waals surface area contributed by atoms with E-state index in [9.17, 15) is 9.18 Å². The second-order valence-electron chi connectivity index (χ2n) is 6.06. The highest BCUT2D eigenvalue weighted by Crippen LogP contribution is 2.06. The van der Waals surface area contributed by atoms with Crippen molar-refractivity contribution in [3.05, 3.63) is 71.0 Å². The molecule has 6 heteroatoms. The summed E-state index contributed by atoms with van der Waals surface area (Å²) in [5, 5.41) is 9.23. The number of benzene rings is 2. The average Bonchev–Trinajstić information content (AvgIpc) is 2.67. The quantitative estimate of drug-likeness (QED) is 0.494. The summed E-state index contributed by atoms with van der Waals surface area (Å²) in [6, 6.07) is 14.0. The lowest BCUT2D eigenvalue weighted by Gasteiger charge is -2.11. The number of carbonyl (C=O) groups is 1. The Balaban J connectivity index is 1.89. The fourth-order valence-corrected chi connectivity index (χ4v) is 2.55. The maximum atomic E-state index is 13.2. The minimum absolute atomic E-state index is 0.0695. The monoisotopic (exact) mass is 370 g/mol. The van der Waals surface area contributed by atoms with Gasteiger partial charge in [-0.15, -0.1) is 0 Å². The van der Waals surface area contributed by atoms with E-state index in [1.165, 1.54) is 6.07 Å². The van der Waals surface area contributed by atoms with Crippen LogP contribution in [-0.2, 0) is 13.0 Å². The Morgan fingerprint density at radius 2 is 1.70 bits per heavy atom. The van der Waals surface area contributed by atoms with Gasteiger partial charge in [-0.2, -0.15) is 0 Å². The van der Waals surface area contributed by atoms with Crippen molar-refractivity contribution < 1.29 is 9.18 Å². The van der Waals surface area contributed by atoms with E-state index >= 15 is 0 Å². The van der Waals surface area contributed by atoms with E-state index in [4.69, 9.17) is 0 Å². The molecule has 0 fully saturated rings. The molecule has 144 valence electrons. The third kappa shape index (κ3) is 7.09. The minimum Gasteiger partial charge on any atom is -0.357 e. The van der Waals surface area contributed by atoms with Gasteiger partial charge in [0.15, 0.2) is 5.96 Å². The molecule has 0 aliphatic heterocycles. The number of nitrogens with one attached hydrogen (secondary N) is 3. The van der Waals surface area contributed by atoms with Crippen LogP contribution in [0.1, 0.15) is 35.3 Å². The van der Waals surface area contributed by atoms with E-state index in [1.54, 1.807) is 24.3 Å². The highest BCUT2D eigenvalue weighted by atomic mass is 19.1. The van der Waals surface area contributed by atoms with Crippen LogP contribution in [0.15, 0.2) is 53.5 Å². The van der Waals surface area contributed by atoms with Crippen LogP contribution in [0, 0.1) is 5.82 Å². The van der Waals surface area contributed by atoms with Gasteiger partial charge >= 0.3 is 0 Å². The second-order valence-corrected chi connectivity index (χ2v) is 6.06. The van der Waals surface area contributed by atoms with Crippen molar-refractivity contribution in [2.24, 2.45) is 4.99 Å². The zero-order valence-electron chi connectivity index (χ0n) is 15.9. The highest BCUT2D eigenvalue weighted by molar-refractivity contribution is 5.94. The number of hydrogen-bond acceptors (Lipinski definition) is 2. The van der Waals surface area contributed by atoms with Gasteiger partial charge in [0.1, 0.15) is 5.82 Å². The van der Waals surface area contributed by atoms with Crippen LogP contribution in [-0.4, -0.2) is 31.5 Å². The third-order valence-electron chi connectivity index (χ3n) is 3.91. The lowest BCUT2D eigenvalue weighted by atomic mass is 10.1. The summed E-state index contributed by atoms with van der Waals surface area (Å²) in [5.41, 5.74) is 2.61. The molecule has 1 amide bonds. The number of halogens is 1. The molecule has 0 radical (unpaired) electrons. The number of carbonyl (C=O) groups excluding carboxylic acids is 1. The van der Waals surface area contributed by atoms with Crippen molar-refractivity contribution in [3.63, 3.8) is 0 Å². The van der Waals surface area contributed by atoms with Crippen LogP contribution in [0.4, 0.5) is 4.39 Å². The average molecular weight is 370 g/mol. The first kappa shape index (κ1) is 20.4. The van der Waals surface area contributed by atoms with E-state index in [0.717, 1.165) is 17.7 Å². The molecule has 2 rings (SSSR count). The first-order chi connectivity index (χ1) is 13.1. The van der Waals surface area contributed by atoms with Crippen LogP contribution in [0.2, 0.25) is 0 Å². The number of guanidine groups is 1. The molecule has 0 aromatic heterocycles. The third-order valence-corrected chi connectivity index (χ3v) is 3.91. The Bertz CT molecular complexity index is 759. The maximum absolute atomic E-state index is 13.2. The molecule has 0 unspecified atom stereocenters. The van der Waals surface area contributed by atoms with Crippen LogP contribution in [0.5, 0.6) is 0 Å². The standard InChI is InChI=1S/C21H27FN4O/c1-3-23-20(27)18-10-8-17(9-11-18)15-26-21(24-4-2)25-13-12-16-6-5-7-19(22)14-16/h5-11,14H,3-4,12-13,15H2,1-2H3,(H,23,27)(H2,24,25,26). The molecule has 0 saturated heterocycles. The normalized spacial score (nSPS) is 11.1. The van der Waals surface area contributed by atoms with Gasteiger partial charge < -0.3 is 16.0 Å². The van der Waals surface area contributed by atoms with Gasteiger partial charge in [-0.05, 0) is 55.7 Å². The van der Waals surface area contributed by atoms with Gasteiger partial charge in [0.05, 0.1) is 6.54 Å². The summed E-state index contributed by atoms with van der Waals surface area (Å²) >= 11 is 0. The Morgan fingerprint density at radius 3 is 2.37 bits per heavy atom. The summed E-state index contributed by atoms with van der Waals surface area (Å²) in [4.78, 5) is 16.3. The molecule has 27 heavy (non-hydrogen) atoms. The van der Waals surface area contributed by atoms with Crippen molar-refractivity contribution in [1.29, 1.82) is 0 Å². The molecule has 0 spiro atoms. The number of rotatable bonds is 8. The summed E-state index contributed by atoms with van der Waals surface area (Å²) in [6.45, 7) is 6.42. The van der Waals surface area contributed by atoms with Crippen LogP contribution in [0.3, 0.4) is 0 Å². The van der Waals surface area contributed by atoms with Gasteiger partial charge in [-0.3, -0.25) is 4.79 Å². The van der Waals surface area contributed by atoms with E-state index in [1.807, 2.05) is 32.0 Å². The van der Waals surface area contributed by atoms with Crippen molar-refractivity contribution >= 4 is 11.9 Å². The van der Waals surface area contributed by atoms with Crippen LogP contribution in [0.25, 0.3) is 0 Å². The van der Waals surface area contributed by atoms with Crippen molar-refractivity contribution in [2.45, 2.75) is 26.8 Å². The first-order valence-corrected chi connectivity index (χ1v) is 9.26. The van der Waals surface area contributed by atoms with Gasteiger partial charge in [-0.25, -0.2) is 9.38 Å². The maximum Gasteiger partial charge on any atom is 0.251 e. The number of hydrogen-bond donors (Lipinski definition) is 3. The van der Waals surface area contributed by atoms with Crippen LogP contribution < -0.4 is 16.0 Å². The molecule has 0 saturated carbocycles. The molecule has 0 bridgehead atoms. The SMILES string of the molecule is CCNC(=O)c1ccc(CN=C(NCC)NCCc2cccc(F)c2)cc1. The molecular weight excluding hydrogens is 343 g/mol. The van der Waals surface area contributed by atoms with Crippen LogP contribution >= 0.6 is 0 Å². The van der Waals surface area contributed by atoms with E-state index in [0.29, 0.717) is 37.6 Å². The van der Waals surface area contributed by atoms with E-state index < -0.39 is 0 Å². The lowest BCUT2D eigenvalue weighted by Crippen LogP contribution is -2.38. The van der Waals surface area contributed by atoms with Gasteiger partial charge in [0, 0.05) is 25.2 Å². The highest BCUT2D eigenvalue weighted by Gasteiger charge is 2.04. The number of aliphatic imine (C=N–C) groups is 1. The van der Waals surface area contributed by atoms with Gasteiger partial charge in [0.25, 0.3) is 5.91 Å². The smallest absolute Gasteiger partial charge is 0.251 e. The number of nitrogens with zero attached hydrogens (tertiary/aromatic N) is 1. The molecule has 2 aromatic rings. The molecule has 0 aliphatic rings. The topological polar surface area (TPSA) is 65.5 Å². The zero-order chi connectivity index (χ0) is 19.5. The van der Waals surface area contributed by atoms with Gasteiger partial charge in [0.2, 0.25) is 0 Å². The Labute approximate surface area is 160 Å². The summed E-state index contributed by atoms with van der Waals surface area (Å²) in [6.07, 6.45) is 0.712. The summed E-state index contributed by atoms with van der Waals surface area (Å²) in [7, 11) is 0. The predicted octanol–water partition coefficient (Wildman–Crippen LogP) is 2.87. The first-order valence-electron chi connectivity index (χ1n) is 9.26. The molecule has 0 heterocycles. The second kappa shape index (κ2) is 11.0. The summed E-state index contributed by atoms with van der Waals surface area (Å²) < 4.78 is 13.2. The van der Waals surface area contributed by atoms with Crippen molar-refractivity contribution in [2.75, 3.05) is 19.6 Å². The fraction of sp³-hybridized carbons (Fsp3) is 0.333. The van der Waals surface area contributed by atoms with E-state index in [-0.39, 0.29) is 11.7 Å². The largest absolute Gasteiger partial charge is 0.357 e. The predicted molar refractivity (Wildman–Crippen MR) is 107 cm³/mol. The molecule has 5 nitrogen and oxygen atoms in total. The molecule has 3 N–H and O–H groups in total. The van der Waals surface area contributed by atoms with E-state index in [2.05, 4.69) is 20.9 Å². The molecule has 0 aliphatic carbocycles. The Hall–Kier alpha value is -2.89. The zero-order valence-corrected chi connectivity index (χ0v) is 15.9. The minimum atomic E-state index is -0.218. The Morgan fingerprint density at radius 1 is 0.963 bits per heavy atom. The fourth-order valence-electron chi connectivity index (χ4n) is 2.55. The molecular formula is C21H27FN4O. The summed E-state index contributed by atoms with van der Waals surface area (Å²) in [5.74, 6) is 0.422. The Kier molecular flexibility index (Phi) is 8.29. The number of amides is 1. The lowest BCUT2D eigenvalue weighted by molar-refractivity contribution is 0.0956.